The van der Waals surface area contributed by atoms with Gasteiger partial charge in [-0.05, 0) is 48.2 Å². The lowest BCUT2D eigenvalue weighted by atomic mass is 9.98. The van der Waals surface area contributed by atoms with Gasteiger partial charge in [0, 0.05) is 43.1 Å². The van der Waals surface area contributed by atoms with Gasteiger partial charge in [0.2, 0.25) is 0 Å². The van der Waals surface area contributed by atoms with Crippen LogP contribution in [0.4, 0.5) is 11.4 Å². The minimum absolute atomic E-state index is 0.0189. The van der Waals surface area contributed by atoms with Crippen molar-refractivity contribution in [3.63, 3.8) is 0 Å². The monoisotopic (exact) mass is 399 g/mol. The molecule has 0 radical (unpaired) electrons. The molecule has 0 bridgehead atoms. The molecule has 0 aliphatic carbocycles. The fourth-order valence-electron chi connectivity index (χ4n) is 3.99. The molecule has 2 aromatic carbocycles. The highest BCUT2D eigenvalue weighted by atomic mass is 32.2. The molecule has 0 atom stereocenters. The minimum atomic E-state index is -2.89. The molecule has 6 nitrogen and oxygen atoms in total. The average molecular weight is 400 g/mol. The molecule has 148 valence electrons. The molecule has 2 N–H and O–H groups in total. The molecule has 1 fully saturated rings. The number of benzene rings is 2. The van der Waals surface area contributed by atoms with Gasteiger partial charge in [0.15, 0.2) is 9.84 Å². The number of nitrogen functional groups attached to an aromatic ring is 1. The van der Waals surface area contributed by atoms with Gasteiger partial charge in [-0.15, -0.1) is 0 Å². The molecule has 0 aromatic heterocycles. The summed E-state index contributed by atoms with van der Waals surface area (Å²) in [5.41, 5.74) is 10.5. The lowest BCUT2D eigenvalue weighted by Crippen LogP contribution is -2.39. The molecular formula is C21H25N3O3S. The maximum atomic E-state index is 13.2. The van der Waals surface area contributed by atoms with E-state index in [4.69, 9.17) is 5.73 Å². The fourth-order valence-corrected chi connectivity index (χ4v) is 5.26. The fraction of sp³-hybridized carbons (Fsp3) is 0.381. The highest BCUT2D eigenvalue weighted by Gasteiger charge is 2.25. The maximum absolute atomic E-state index is 13.2. The predicted octanol–water partition coefficient (Wildman–Crippen LogP) is 2.09. The number of rotatable bonds is 3. The van der Waals surface area contributed by atoms with E-state index in [1.807, 2.05) is 47.4 Å². The van der Waals surface area contributed by atoms with E-state index in [9.17, 15) is 13.2 Å². The minimum Gasteiger partial charge on any atom is -0.398 e. The lowest BCUT2D eigenvalue weighted by molar-refractivity contribution is 0.0985. The van der Waals surface area contributed by atoms with E-state index in [-0.39, 0.29) is 17.4 Å². The number of fused-ring (bicyclic) bond motifs is 1. The number of anilines is 2. The molecule has 0 saturated carbocycles. The van der Waals surface area contributed by atoms with E-state index in [0.717, 1.165) is 35.3 Å². The summed E-state index contributed by atoms with van der Waals surface area (Å²) >= 11 is 0. The second-order valence-corrected chi connectivity index (χ2v) is 9.84. The van der Waals surface area contributed by atoms with Crippen molar-refractivity contribution in [1.29, 1.82) is 0 Å². The summed E-state index contributed by atoms with van der Waals surface area (Å²) in [6, 6.07) is 13.4. The Morgan fingerprint density at radius 3 is 2.57 bits per heavy atom. The van der Waals surface area contributed by atoms with Gasteiger partial charge >= 0.3 is 0 Å². The molecule has 7 heteroatoms. The number of hydrogen-bond acceptors (Lipinski definition) is 5. The average Bonchev–Trinajstić information content (AvgIpc) is 2.69. The lowest BCUT2D eigenvalue weighted by Gasteiger charge is -2.30. The molecule has 4 rings (SSSR count). The van der Waals surface area contributed by atoms with Crippen LogP contribution in [0.25, 0.3) is 0 Å². The molecule has 28 heavy (non-hydrogen) atoms. The number of sulfone groups is 1. The first-order chi connectivity index (χ1) is 13.4. The Morgan fingerprint density at radius 2 is 1.79 bits per heavy atom. The smallest absolute Gasteiger partial charge is 0.258 e. The number of nitrogens with two attached hydrogens (primary N) is 1. The zero-order valence-corrected chi connectivity index (χ0v) is 16.6. The van der Waals surface area contributed by atoms with Crippen LogP contribution in [-0.4, -0.2) is 50.4 Å². The van der Waals surface area contributed by atoms with Crippen LogP contribution in [-0.2, 0) is 22.8 Å². The summed E-state index contributed by atoms with van der Waals surface area (Å²) in [5, 5.41) is 0. The van der Waals surface area contributed by atoms with Gasteiger partial charge in [-0.25, -0.2) is 8.42 Å². The second kappa shape index (κ2) is 7.56. The van der Waals surface area contributed by atoms with E-state index >= 15 is 0 Å². The van der Waals surface area contributed by atoms with Gasteiger partial charge in [-0.3, -0.25) is 9.69 Å². The molecule has 0 spiro atoms. The Bertz CT molecular complexity index is 990. The van der Waals surface area contributed by atoms with E-state index < -0.39 is 9.84 Å². The molecule has 2 aliphatic rings. The number of carbonyl (C=O) groups excluding carboxylic acids is 1. The SMILES string of the molecule is Nc1cccc2c1CCCN2C(=O)c1cccc(CN2CCS(=O)(=O)CC2)c1. The van der Waals surface area contributed by atoms with Gasteiger partial charge in [0.1, 0.15) is 0 Å². The van der Waals surface area contributed by atoms with E-state index in [1.165, 1.54) is 0 Å². The van der Waals surface area contributed by atoms with Crippen LogP contribution in [0.5, 0.6) is 0 Å². The van der Waals surface area contributed by atoms with E-state index in [2.05, 4.69) is 4.90 Å². The van der Waals surface area contributed by atoms with Crippen LogP contribution in [0.15, 0.2) is 42.5 Å². The summed E-state index contributed by atoms with van der Waals surface area (Å²) in [5.74, 6) is 0.393. The third kappa shape index (κ3) is 3.91. The van der Waals surface area contributed by atoms with Crippen molar-refractivity contribution in [2.45, 2.75) is 19.4 Å². The number of hydrogen-bond donors (Lipinski definition) is 1. The summed E-state index contributed by atoms with van der Waals surface area (Å²) in [6.07, 6.45) is 1.79. The Kier molecular flexibility index (Phi) is 5.12. The summed E-state index contributed by atoms with van der Waals surface area (Å²) < 4.78 is 23.2. The molecule has 0 unspecified atom stereocenters. The van der Waals surface area contributed by atoms with Crippen LogP contribution in [0.2, 0.25) is 0 Å². The van der Waals surface area contributed by atoms with E-state index in [0.29, 0.717) is 31.7 Å². The first-order valence-corrected chi connectivity index (χ1v) is 11.5. The molecule has 2 heterocycles. The molecular weight excluding hydrogens is 374 g/mol. The van der Waals surface area contributed by atoms with Gasteiger partial charge in [-0.2, -0.15) is 0 Å². The van der Waals surface area contributed by atoms with Crippen molar-refractivity contribution in [3.05, 3.63) is 59.2 Å². The Labute approximate surface area is 165 Å². The Balaban J connectivity index is 1.52. The molecule has 2 aromatic rings. The largest absolute Gasteiger partial charge is 0.398 e. The van der Waals surface area contributed by atoms with Gasteiger partial charge in [0.25, 0.3) is 5.91 Å². The molecule has 2 aliphatic heterocycles. The second-order valence-electron chi connectivity index (χ2n) is 7.53. The Hall–Kier alpha value is -2.38. The molecule has 1 saturated heterocycles. The highest BCUT2D eigenvalue weighted by molar-refractivity contribution is 7.91. The molecule has 1 amide bonds. The quantitative estimate of drug-likeness (QED) is 0.799. The van der Waals surface area contributed by atoms with Crippen LogP contribution >= 0.6 is 0 Å². The third-order valence-electron chi connectivity index (χ3n) is 5.55. The van der Waals surface area contributed by atoms with Crippen LogP contribution in [0.1, 0.15) is 27.9 Å². The first-order valence-electron chi connectivity index (χ1n) is 9.64. The topological polar surface area (TPSA) is 83.7 Å². The van der Waals surface area contributed by atoms with Crippen molar-refractivity contribution < 1.29 is 13.2 Å². The summed E-state index contributed by atoms with van der Waals surface area (Å²) in [7, 11) is -2.89. The standard InChI is InChI=1S/C21H25N3O3S/c22-19-7-2-8-20-18(19)6-3-9-24(20)21(25)17-5-1-4-16(14-17)15-23-10-12-28(26,27)13-11-23/h1-2,4-5,7-8,14H,3,6,9-13,15,22H2. The Morgan fingerprint density at radius 1 is 1.04 bits per heavy atom. The van der Waals surface area contributed by atoms with Crippen LogP contribution in [0, 0.1) is 0 Å². The zero-order valence-electron chi connectivity index (χ0n) is 15.8. The van der Waals surface area contributed by atoms with Crippen molar-refractivity contribution in [1.82, 2.24) is 4.90 Å². The van der Waals surface area contributed by atoms with Gasteiger partial charge < -0.3 is 10.6 Å². The van der Waals surface area contributed by atoms with Crippen molar-refractivity contribution >= 4 is 27.1 Å². The predicted molar refractivity (Wildman–Crippen MR) is 111 cm³/mol. The van der Waals surface area contributed by atoms with Crippen LogP contribution in [0.3, 0.4) is 0 Å². The van der Waals surface area contributed by atoms with E-state index in [1.54, 1.807) is 0 Å². The summed E-state index contributed by atoms with van der Waals surface area (Å²) in [4.78, 5) is 17.1. The summed E-state index contributed by atoms with van der Waals surface area (Å²) in [6.45, 7) is 2.42. The number of carbonyl (C=O) groups is 1. The van der Waals surface area contributed by atoms with Gasteiger partial charge in [-0.1, -0.05) is 18.2 Å². The number of amides is 1. The first kappa shape index (κ1) is 19.0. The van der Waals surface area contributed by atoms with Crippen molar-refractivity contribution in [3.8, 4) is 0 Å². The van der Waals surface area contributed by atoms with Crippen LogP contribution < -0.4 is 10.6 Å². The third-order valence-corrected chi connectivity index (χ3v) is 7.16. The normalized spacial score (nSPS) is 19.2. The van der Waals surface area contributed by atoms with Crippen molar-refractivity contribution in [2.24, 2.45) is 0 Å². The number of nitrogens with zero attached hydrogens (tertiary/aromatic N) is 2. The maximum Gasteiger partial charge on any atom is 0.258 e. The highest BCUT2D eigenvalue weighted by Crippen LogP contribution is 2.32. The van der Waals surface area contributed by atoms with Gasteiger partial charge in [0.05, 0.1) is 11.5 Å². The zero-order chi connectivity index (χ0) is 19.7. The van der Waals surface area contributed by atoms with Crippen molar-refractivity contribution in [2.75, 3.05) is 41.8 Å².